The van der Waals surface area contributed by atoms with Gasteiger partial charge in [0.05, 0.1) is 5.69 Å². The van der Waals surface area contributed by atoms with Crippen molar-refractivity contribution in [3.63, 3.8) is 0 Å². The van der Waals surface area contributed by atoms with Gasteiger partial charge in [0, 0.05) is 58.0 Å². The smallest absolute Gasteiger partial charge is 0.200 e. The Kier molecular flexibility index (Phi) is 7.54. The normalized spacial score (nSPS) is 12.4. The van der Waals surface area contributed by atoms with E-state index in [0.717, 1.165) is 33.7 Å². The maximum absolute atomic E-state index is 4.58. The summed E-state index contributed by atoms with van der Waals surface area (Å²) < 4.78 is 0. The van der Waals surface area contributed by atoms with Crippen LogP contribution in [0.3, 0.4) is 0 Å². The van der Waals surface area contributed by atoms with Crippen molar-refractivity contribution in [2.45, 2.75) is 0 Å². The molecule has 6 nitrogen and oxygen atoms in total. The average Bonchev–Trinajstić information content (AvgIpc) is 3.54. The van der Waals surface area contributed by atoms with E-state index in [-0.39, 0.29) is 26.8 Å². The van der Waals surface area contributed by atoms with E-state index >= 15 is 0 Å². The van der Waals surface area contributed by atoms with Crippen molar-refractivity contribution in [3.05, 3.63) is 134 Å². The molecule has 0 aliphatic carbocycles. The fraction of sp³-hybridized carbons (Fsp3) is 0.0541. The molecule has 2 aliphatic heterocycles. The molecule has 5 heterocycles. The topological polar surface area (TPSA) is 59.3 Å². The van der Waals surface area contributed by atoms with E-state index in [4.69, 9.17) is 0 Å². The van der Waals surface area contributed by atoms with E-state index < -0.39 is 0 Å². The van der Waals surface area contributed by atoms with Gasteiger partial charge in [0.2, 0.25) is 0 Å². The van der Waals surface area contributed by atoms with E-state index in [2.05, 4.69) is 111 Å². The third-order valence-electron chi connectivity index (χ3n) is 8.44. The molecular formula is C37H27BIrN6-2. The Balaban J connectivity index is 0.000000172. The van der Waals surface area contributed by atoms with Crippen LogP contribution in [0.4, 0.5) is 22.7 Å². The molecule has 2 aliphatic rings. The molecule has 219 valence electrons. The SMILES string of the molecule is CN1c2[c-]c(-c3ccccn3)cc3c2B(c2ccccc21)c1ccccc1N3C.[Ir].c1ccc(-c2nc3ccccc3[n-]2)nc1. The van der Waals surface area contributed by atoms with Crippen LogP contribution in [0, 0.1) is 6.07 Å². The van der Waals surface area contributed by atoms with Crippen LogP contribution in [0.25, 0.3) is 33.8 Å². The average molecular weight is 759 g/mol. The first-order valence-electron chi connectivity index (χ1n) is 14.6. The Hall–Kier alpha value is -5.04. The van der Waals surface area contributed by atoms with Gasteiger partial charge in [-0.15, -0.1) is 17.7 Å². The molecule has 0 saturated heterocycles. The van der Waals surface area contributed by atoms with Crippen molar-refractivity contribution < 1.29 is 20.1 Å². The minimum absolute atomic E-state index is 0. The number of rotatable bonds is 2. The van der Waals surface area contributed by atoms with E-state index in [0.29, 0.717) is 5.82 Å². The molecule has 4 aromatic carbocycles. The number of benzene rings is 4. The van der Waals surface area contributed by atoms with Crippen molar-refractivity contribution in [2.24, 2.45) is 0 Å². The predicted molar refractivity (Wildman–Crippen MR) is 180 cm³/mol. The summed E-state index contributed by atoms with van der Waals surface area (Å²) in [5.74, 6) is 0.691. The number of pyridine rings is 2. The van der Waals surface area contributed by atoms with Gasteiger partial charge in [-0.2, -0.15) is 0 Å². The minimum atomic E-state index is 0. The number of aromatic nitrogens is 4. The van der Waals surface area contributed by atoms with Crippen molar-refractivity contribution in [2.75, 3.05) is 23.9 Å². The predicted octanol–water partition coefficient (Wildman–Crippen LogP) is 5.48. The van der Waals surface area contributed by atoms with Crippen LogP contribution in [0.15, 0.2) is 128 Å². The summed E-state index contributed by atoms with van der Waals surface area (Å²) in [5.41, 5.74) is 13.5. The fourth-order valence-electron chi connectivity index (χ4n) is 6.37. The van der Waals surface area contributed by atoms with Gasteiger partial charge in [-0.05, 0) is 64.3 Å². The van der Waals surface area contributed by atoms with Gasteiger partial charge in [0.15, 0.2) is 6.71 Å². The van der Waals surface area contributed by atoms with Gasteiger partial charge in [-0.1, -0.05) is 95.3 Å². The van der Waals surface area contributed by atoms with Crippen molar-refractivity contribution in [3.8, 4) is 22.8 Å². The summed E-state index contributed by atoms with van der Waals surface area (Å²) in [7, 11) is 4.30. The number of nitrogens with zero attached hydrogens (tertiary/aromatic N) is 6. The number of imidazole rings is 1. The Labute approximate surface area is 276 Å². The van der Waals surface area contributed by atoms with Crippen LogP contribution < -0.4 is 31.2 Å². The van der Waals surface area contributed by atoms with Crippen LogP contribution in [0.1, 0.15) is 0 Å². The van der Waals surface area contributed by atoms with Gasteiger partial charge < -0.3 is 24.8 Å². The molecule has 0 N–H and O–H groups in total. The maximum atomic E-state index is 4.58. The molecule has 45 heavy (non-hydrogen) atoms. The first-order valence-corrected chi connectivity index (χ1v) is 14.6. The summed E-state index contributed by atoms with van der Waals surface area (Å²) in [6, 6.07) is 43.0. The molecule has 7 aromatic rings. The van der Waals surface area contributed by atoms with Crippen molar-refractivity contribution in [1.29, 1.82) is 0 Å². The zero-order chi connectivity index (χ0) is 29.6. The zero-order valence-electron chi connectivity index (χ0n) is 24.7. The number of anilines is 4. The summed E-state index contributed by atoms with van der Waals surface area (Å²) >= 11 is 0. The van der Waals surface area contributed by atoms with E-state index in [9.17, 15) is 0 Å². The molecule has 9 rings (SSSR count). The Bertz CT molecular complexity index is 2030. The van der Waals surface area contributed by atoms with Crippen LogP contribution in [-0.2, 0) is 20.1 Å². The molecule has 0 saturated carbocycles. The zero-order valence-corrected chi connectivity index (χ0v) is 27.1. The molecular weight excluding hydrogens is 731 g/mol. The second-order valence-electron chi connectivity index (χ2n) is 11.0. The molecule has 3 aromatic heterocycles. The van der Waals surface area contributed by atoms with Crippen LogP contribution in [0.5, 0.6) is 0 Å². The molecule has 0 amide bonds. The summed E-state index contributed by atoms with van der Waals surface area (Å²) in [6.45, 7) is 0.217. The van der Waals surface area contributed by atoms with E-state index in [1.165, 1.54) is 33.5 Å². The van der Waals surface area contributed by atoms with E-state index in [1.807, 2.05) is 60.8 Å². The molecule has 0 spiro atoms. The molecule has 1 radical (unpaired) electrons. The number of hydrogen-bond acceptors (Lipinski definition) is 5. The molecule has 8 heteroatoms. The molecule has 0 atom stereocenters. The van der Waals surface area contributed by atoms with Gasteiger partial charge in [0.1, 0.15) is 0 Å². The first kappa shape index (κ1) is 28.7. The summed E-state index contributed by atoms with van der Waals surface area (Å²) in [5, 5.41) is 0. The minimum Gasteiger partial charge on any atom is -0.434 e. The quantitative estimate of drug-likeness (QED) is 0.172. The standard InChI is InChI=1S/C25H19BN3.C12H8N3.Ir/c1-28-21-12-5-3-9-18(21)26-19-10-4-6-13-22(19)29(2)24-16-17(15-23(28)25(24)26)20-11-7-8-14-27-20;1-2-6-10-9(5-1)14-12(15-10)11-7-3-4-8-13-11;/h3-15H,1-2H3;1-8H;/q2*-1;. The van der Waals surface area contributed by atoms with Crippen molar-refractivity contribution >= 4 is 56.9 Å². The largest absolute Gasteiger partial charge is 0.434 e. The van der Waals surface area contributed by atoms with Gasteiger partial charge in [0.25, 0.3) is 0 Å². The molecule has 0 bridgehead atoms. The molecule has 0 fully saturated rings. The Morgan fingerprint density at radius 3 is 1.91 bits per heavy atom. The van der Waals surface area contributed by atoms with E-state index in [1.54, 1.807) is 6.20 Å². The number of hydrogen-bond donors (Lipinski definition) is 0. The van der Waals surface area contributed by atoms with Crippen molar-refractivity contribution in [1.82, 2.24) is 19.9 Å². The van der Waals surface area contributed by atoms with Crippen LogP contribution in [0.2, 0.25) is 0 Å². The first-order chi connectivity index (χ1) is 21.7. The maximum Gasteiger partial charge on any atom is 0.200 e. The fourth-order valence-corrected chi connectivity index (χ4v) is 6.37. The third-order valence-corrected chi connectivity index (χ3v) is 8.44. The van der Waals surface area contributed by atoms with Crippen LogP contribution >= 0.6 is 0 Å². The van der Waals surface area contributed by atoms with Gasteiger partial charge >= 0.3 is 0 Å². The summed E-state index contributed by atoms with van der Waals surface area (Å²) in [4.78, 5) is 22.2. The second kappa shape index (κ2) is 11.8. The van der Waals surface area contributed by atoms with Gasteiger partial charge in [-0.25, -0.2) is 0 Å². The monoisotopic (exact) mass is 759 g/mol. The summed E-state index contributed by atoms with van der Waals surface area (Å²) in [6.07, 6.45) is 3.59. The van der Waals surface area contributed by atoms with Gasteiger partial charge in [-0.3, -0.25) is 4.98 Å². The number of fused-ring (bicyclic) bond motifs is 5. The number of para-hydroxylation sites is 4. The third kappa shape index (κ3) is 4.93. The second-order valence-corrected chi connectivity index (χ2v) is 11.0. The van der Waals surface area contributed by atoms with Crippen LogP contribution in [-0.4, -0.2) is 35.8 Å². The Morgan fingerprint density at radius 2 is 1.24 bits per heavy atom. The molecule has 0 unspecified atom stereocenters. The Morgan fingerprint density at radius 1 is 0.644 bits per heavy atom.